The Kier molecular flexibility index (Phi) is 4.32. The lowest BCUT2D eigenvalue weighted by Crippen LogP contribution is -2.27. The summed E-state index contributed by atoms with van der Waals surface area (Å²) < 4.78 is 19.3. The van der Waals surface area contributed by atoms with E-state index in [1.807, 2.05) is 13.8 Å². The van der Waals surface area contributed by atoms with E-state index in [1.165, 1.54) is 12.1 Å². The number of fused-ring (bicyclic) bond motifs is 1. The number of carbonyl (C=O) groups excluding carboxylic acids is 1. The number of nitrogens with one attached hydrogen (secondary N) is 2. The summed E-state index contributed by atoms with van der Waals surface area (Å²) in [5.74, 6) is -0.917. The van der Waals surface area contributed by atoms with Crippen LogP contribution in [0.5, 0.6) is 0 Å². The highest BCUT2D eigenvalue weighted by molar-refractivity contribution is 5.94. The second kappa shape index (κ2) is 6.42. The van der Waals surface area contributed by atoms with Gasteiger partial charge < -0.3 is 10.1 Å². The Balaban J connectivity index is 1.73. The summed E-state index contributed by atoms with van der Waals surface area (Å²) in [5, 5.41) is 18.4. The van der Waals surface area contributed by atoms with E-state index in [4.69, 9.17) is 10.00 Å². The van der Waals surface area contributed by atoms with E-state index in [0.29, 0.717) is 17.7 Å². The normalized spacial score (nSPS) is 19.4. The van der Waals surface area contributed by atoms with Gasteiger partial charge in [0.15, 0.2) is 5.69 Å². The summed E-state index contributed by atoms with van der Waals surface area (Å²) in [4.78, 5) is 12.4. The van der Waals surface area contributed by atoms with Gasteiger partial charge in [0, 0.05) is 18.5 Å². The fraction of sp³-hybridized carbons (Fsp3) is 0.353. The predicted molar refractivity (Wildman–Crippen MR) is 83.5 cm³/mol. The zero-order valence-corrected chi connectivity index (χ0v) is 13.4. The van der Waals surface area contributed by atoms with Crippen molar-refractivity contribution in [2.75, 3.05) is 0 Å². The Morgan fingerprint density at radius 3 is 3.04 bits per heavy atom. The second-order valence-electron chi connectivity index (χ2n) is 5.87. The molecule has 0 saturated heterocycles. The average molecular weight is 328 g/mol. The molecule has 0 aliphatic carbocycles. The van der Waals surface area contributed by atoms with Gasteiger partial charge in [-0.2, -0.15) is 10.4 Å². The summed E-state index contributed by atoms with van der Waals surface area (Å²) in [6, 6.07) is 6.02. The Morgan fingerprint density at radius 1 is 1.54 bits per heavy atom. The first-order chi connectivity index (χ1) is 11.5. The maximum absolute atomic E-state index is 13.6. The summed E-state index contributed by atoms with van der Waals surface area (Å²) >= 11 is 0. The van der Waals surface area contributed by atoms with E-state index in [0.717, 1.165) is 11.3 Å². The number of nitrogens with zero attached hydrogens (tertiary/aromatic N) is 2. The van der Waals surface area contributed by atoms with Crippen molar-refractivity contribution in [1.29, 1.82) is 5.26 Å². The number of ether oxygens (including phenoxy) is 1. The topological polar surface area (TPSA) is 90.8 Å². The molecule has 0 unspecified atom stereocenters. The van der Waals surface area contributed by atoms with Crippen LogP contribution in [0, 0.1) is 17.1 Å². The molecule has 0 bridgehead atoms. The smallest absolute Gasteiger partial charge is 0.272 e. The quantitative estimate of drug-likeness (QED) is 0.905. The van der Waals surface area contributed by atoms with E-state index >= 15 is 0 Å². The van der Waals surface area contributed by atoms with Crippen LogP contribution in [0.3, 0.4) is 0 Å². The number of halogens is 1. The van der Waals surface area contributed by atoms with Gasteiger partial charge in [-0.05, 0) is 31.5 Å². The van der Waals surface area contributed by atoms with Crippen LogP contribution in [0.15, 0.2) is 18.2 Å². The molecule has 24 heavy (non-hydrogen) atoms. The summed E-state index contributed by atoms with van der Waals surface area (Å²) in [7, 11) is 0. The zero-order chi connectivity index (χ0) is 17.3. The van der Waals surface area contributed by atoms with E-state index in [9.17, 15) is 9.18 Å². The van der Waals surface area contributed by atoms with Gasteiger partial charge in [-0.25, -0.2) is 4.39 Å². The Bertz CT molecular complexity index is 824. The minimum atomic E-state index is -0.596. The van der Waals surface area contributed by atoms with Crippen LogP contribution in [-0.2, 0) is 17.7 Å². The standard InChI is InChI=1S/C17H17FN4O2/c1-9-5-13-15(10(2)24-9)21-22-16(13)17(23)20-8-11-3-4-12(7-19)14(18)6-11/h3-4,6,9-10H,5,8H2,1-2H3,(H,20,23)(H,21,22)/t9-,10+/m1/s1. The number of aromatic amines is 1. The maximum atomic E-state index is 13.6. The molecule has 0 saturated carbocycles. The Morgan fingerprint density at radius 2 is 2.33 bits per heavy atom. The van der Waals surface area contributed by atoms with Gasteiger partial charge in [-0.1, -0.05) is 6.07 Å². The molecule has 2 aromatic rings. The number of carbonyl (C=O) groups is 1. The van der Waals surface area contributed by atoms with Crippen LogP contribution in [0.2, 0.25) is 0 Å². The lowest BCUT2D eigenvalue weighted by Gasteiger charge is -2.25. The molecule has 0 fully saturated rings. The van der Waals surface area contributed by atoms with Crippen molar-refractivity contribution in [2.45, 2.75) is 39.0 Å². The fourth-order valence-electron chi connectivity index (χ4n) is 2.89. The molecule has 2 atom stereocenters. The first kappa shape index (κ1) is 16.1. The molecule has 3 rings (SSSR count). The van der Waals surface area contributed by atoms with Crippen LogP contribution in [0.25, 0.3) is 0 Å². The number of rotatable bonds is 3. The zero-order valence-electron chi connectivity index (χ0n) is 13.4. The molecule has 124 valence electrons. The number of nitriles is 1. The molecule has 7 heteroatoms. The SMILES string of the molecule is C[C@@H]1Cc2c(C(=O)NCc3ccc(C#N)c(F)c3)n[nH]c2[C@H](C)O1. The van der Waals surface area contributed by atoms with Gasteiger partial charge in [0.1, 0.15) is 11.9 Å². The summed E-state index contributed by atoms with van der Waals surface area (Å²) in [5.41, 5.74) is 2.59. The molecule has 0 spiro atoms. The van der Waals surface area contributed by atoms with Gasteiger partial charge in [0.05, 0.1) is 23.5 Å². The first-order valence-electron chi connectivity index (χ1n) is 7.69. The number of benzene rings is 1. The molecule has 1 aliphatic rings. The average Bonchev–Trinajstić information content (AvgIpc) is 2.97. The highest BCUT2D eigenvalue weighted by Gasteiger charge is 2.29. The van der Waals surface area contributed by atoms with Crippen molar-refractivity contribution < 1.29 is 13.9 Å². The lowest BCUT2D eigenvalue weighted by atomic mass is 9.99. The highest BCUT2D eigenvalue weighted by atomic mass is 19.1. The minimum Gasteiger partial charge on any atom is -0.369 e. The van der Waals surface area contributed by atoms with E-state index in [1.54, 1.807) is 12.1 Å². The first-order valence-corrected chi connectivity index (χ1v) is 7.69. The number of hydrogen-bond donors (Lipinski definition) is 2. The van der Waals surface area contributed by atoms with Crippen LogP contribution in [0.4, 0.5) is 4.39 Å². The number of hydrogen-bond acceptors (Lipinski definition) is 4. The molecule has 1 aromatic heterocycles. The number of H-pyrrole nitrogens is 1. The molecule has 6 nitrogen and oxygen atoms in total. The minimum absolute atomic E-state index is 0.0178. The van der Waals surface area contributed by atoms with Crippen LogP contribution >= 0.6 is 0 Å². The molecule has 2 heterocycles. The molecule has 1 amide bonds. The molecule has 2 N–H and O–H groups in total. The van der Waals surface area contributed by atoms with Gasteiger partial charge in [-0.15, -0.1) is 0 Å². The van der Waals surface area contributed by atoms with Crippen molar-refractivity contribution in [3.8, 4) is 6.07 Å². The fourth-order valence-corrected chi connectivity index (χ4v) is 2.89. The third-order valence-corrected chi connectivity index (χ3v) is 4.06. The van der Waals surface area contributed by atoms with Gasteiger partial charge in [0.25, 0.3) is 5.91 Å². The predicted octanol–water partition coefficient (Wildman–Crippen LogP) is 2.37. The third kappa shape index (κ3) is 3.01. The number of aromatic nitrogens is 2. The molecule has 1 aromatic carbocycles. The Hall–Kier alpha value is -2.72. The molecule has 1 aliphatic heterocycles. The van der Waals surface area contributed by atoms with Crippen molar-refractivity contribution >= 4 is 5.91 Å². The van der Waals surface area contributed by atoms with Crippen LogP contribution in [-0.4, -0.2) is 22.2 Å². The van der Waals surface area contributed by atoms with E-state index in [2.05, 4.69) is 15.5 Å². The number of amides is 1. The molecule has 0 radical (unpaired) electrons. The van der Waals surface area contributed by atoms with Gasteiger partial charge >= 0.3 is 0 Å². The third-order valence-electron chi connectivity index (χ3n) is 4.06. The van der Waals surface area contributed by atoms with Crippen LogP contribution in [0.1, 0.15) is 52.8 Å². The summed E-state index contributed by atoms with van der Waals surface area (Å²) in [6.45, 7) is 4.02. The van der Waals surface area contributed by atoms with Gasteiger partial charge in [-0.3, -0.25) is 9.89 Å². The van der Waals surface area contributed by atoms with Gasteiger partial charge in [0.2, 0.25) is 0 Å². The molecular weight excluding hydrogens is 311 g/mol. The van der Waals surface area contributed by atoms with Crippen LogP contribution < -0.4 is 5.32 Å². The van der Waals surface area contributed by atoms with Crippen molar-refractivity contribution in [2.24, 2.45) is 0 Å². The van der Waals surface area contributed by atoms with Crippen molar-refractivity contribution in [1.82, 2.24) is 15.5 Å². The molecular formula is C17H17FN4O2. The monoisotopic (exact) mass is 328 g/mol. The van der Waals surface area contributed by atoms with E-state index < -0.39 is 5.82 Å². The second-order valence-corrected chi connectivity index (χ2v) is 5.87. The lowest BCUT2D eigenvalue weighted by molar-refractivity contribution is -0.00697. The largest absolute Gasteiger partial charge is 0.369 e. The van der Waals surface area contributed by atoms with E-state index in [-0.39, 0.29) is 30.2 Å². The maximum Gasteiger partial charge on any atom is 0.272 e. The van der Waals surface area contributed by atoms with Crippen molar-refractivity contribution in [3.63, 3.8) is 0 Å². The highest BCUT2D eigenvalue weighted by Crippen LogP contribution is 2.30. The Labute approximate surface area is 138 Å². The summed E-state index contributed by atoms with van der Waals surface area (Å²) in [6.07, 6.45) is 0.499. The van der Waals surface area contributed by atoms with Crippen molar-refractivity contribution in [3.05, 3.63) is 52.1 Å².